The number of hydrogen-bond donors (Lipinski definition) is 1. The average molecular weight is 288 g/mol. The lowest BCUT2D eigenvalue weighted by atomic mass is 10.2. The lowest BCUT2D eigenvalue weighted by Gasteiger charge is -2.13. The summed E-state index contributed by atoms with van der Waals surface area (Å²) in [4.78, 5) is 0. The summed E-state index contributed by atoms with van der Waals surface area (Å²) in [6.07, 6.45) is 3.26. The van der Waals surface area contributed by atoms with E-state index >= 15 is 0 Å². The van der Waals surface area contributed by atoms with Gasteiger partial charge in [-0.2, -0.15) is 0 Å². The van der Waals surface area contributed by atoms with Crippen LogP contribution in [-0.4, -0.2) is 25.3 Å². The minimum atomic E-state index is 0.763. The van der Waals surface area contributed by atoms with Crippen molar-refractivity contribution in [1.29, 1.82) is 0 Å². The van der Waals surface area contributed by atoms with Gasteiger partial charge in [0, 0.05) is 25.0 Å². The van der Waals surface area contributed by atoms with Crippen LogP contribution in [0, 0.1) is 0 Å². The maximum Gasteiger partial charge on any atom is 0.161 e. The Morgan fingerprint density at radius 3 is 2.62 bits per heavy atom. The van der Waals surface area contributed by atoms with Gasteiger partial charge in [-0.3, -0.25) is 0 Å². The zero-order valence-corrected chi connectivity index (χ0v) is 13.1. The second-order valence-corrected chi connectivity index (χ2v) is 4.99. The molecule has 0 spiro atoms. The zero-order chi connectivity index (χ0) is 15.1. The second kappa shape index (κ2) is 7.74. The smallest absolute Gasteiger partial charge is 0.161 e. The molecule has 1 aromatic heterocycles. The van der Waals surface area contributed by atoms with Crippen molar-refractivity contribution in [3.8, 4) is 11.5 Å². The molecule has 0 aliphatic heterocycles. The van der Waals surface area contributed by atoms with Gasteiger partial charge in [0.1, 0.15) is 0 Å². The molecular weight excluding hydrogens is 264 g/mol. The topological polar surface area (TPSA) is 35.4 Å². The number of hydrogen-bond acceptors (Lipinski definition) is 3. The van der Waals surface area contributed by atoms with Gasteiger partial charge in [0.05, 0.1) is 14.2 Å². The third kappa shape index (κ3) is 4.02. The summed E-state index contributed by atoms with van der Waals surface area (Å²) in [5.74, 6) is 1.53. The number of rotatable bonds is 8. The van der Waals surface area contributed by atoms with Crippen molar-refractivity contribution in [2.45, 2.75) is 26.4 Å². The van der Waals surface area contributed by atoms with Gasteiger partial charge in [0.15, 0.2) is 11.5 Å². The molecule has 4 nitrogen and oxygen atoms in total. The van der Waals surface area contributed by atoms with E-state index in [2.05, 4.69) is 41.2 Å². The quantitative estimate of drug-likeness (QED) is 0.758. The summed E-state index contributed by atoms with van der Waals surface area (Å²) in [5.41, 5.74) is 2.49. The van der Waals surface area contributed by atoms with Crippen LogP contribution in [-0.2, 0) is 13.1 Å². The number of methoxy groups -OCH3 is 2. The van der Waals surface area contributed by atoms with Crippen LogP contribution in [0.5, 0.6) is 11.5 Å². The summed E-state index contributed by atoms with van der Waals surface area (Å²) in [7, 11) is 3.32. The molecule has 0 atom stereocenters. The highest BCUT2D eigenvalue weighted by Crippen LogP contribution is 2.28. The number of aromatic nitrogens is 1. The first-order valence-corrected chi connectivity index (χ1v) is 7.34. The molecule has 2 aromatic rings. The molecule has 0 unspecified atom stereocenters. The van der Waals surface area contributed by atoms with E-state index in [-0.39, 0.29) is 0 Å². The fourth-order valence-electron chi connectivity index (χ4n) is 2.33. The lowest BCUT2D eigenvalue weighted by molar-refractivity contribution is 0.354. The van der Waals surface area contributed by atoms with Gasteiger partial charge in [-0.25, -0.2) is 0 Å². The molecule has 114 valence electrons. The highest BCUT2D eigenvalue weighted by molar-refractivity contribution is 5.43. The summed E-state index contributed by atoms with van der Waals surface area (Å²) < 4.78 is 12.9. The summed E-state index contributed by atoms with van der Waals surface area (Å²) in [6, 6.07) is 10.3. The predicted molar refractivity (Wildman–Crippen MR) is 85.1 cm³/mol. The van der Waals surface area contributed by atoms with E-state index in [0.29, 0.717) is 0 Å². The van der Waals surface area contributed by atoms with Crippen molar-refractivity contribution in [3.63, 3.8) is 0 Å². The first-order chi connectivity index (χ1) is 10.3. The van der Waals surface area contributed by atoms with Gasteiger partial charge >= 0.3 is 0 Å². The Kier molecular flexibility index (Phi) is 5.69. The molecule has 4 heteroatoms. The SMILES string of the molecule is CCCNCc1cccn1Cc1ccc(OC)c(OC)c1. The Hall–Kier alpha value is -1.94. The van der Waals surface area contributed by atoms with Crippen LogP contribution in [0.2, 0.25) is 0 Å². The lowest BCUT2D eigenvalue weighted by Crippen LogP contribution is -2.17. The van der Waals surface area contributed by atoms with Crippen molar-refractivity contribution in [2.24, 2.45) is 0 Å². The standard InChI is InChI=1S/C17H24N2O2/c1-4-9-18-12-15-6-5-10-19(15)13-14-7-8-16(20-2)17(11-14)21-3/h5-8,10-11,18H,4,9,12-13H2,1-3H3. The van der Waals surface area contributed by atoms with E-state index in [1.807, 2.05) is 12.1 Å². The molecule has 1 N–H and O–H groups in total. The second-order valence-electron chi connectivity index (χ2n) is 4.99. The van der Waals surface area contributed by atoms with Gasteiger partial charge in [-0.1, -0.05) is 13.0 Å². The molecule has 1 heterocycles. The minimum Gasteiger partial charge on any atom is -0.493 e. The third-order valence-corrected chi connectivity index (χ3v) is 3.46. The molecule has 0 radical (unpaired) electrons. The summed E-state index contributed by atoms with van der Waals surface area (Å²) in [5, 5.41) is 3.44. The molecule has 2 rings (SSSR count). The van der Waals surface area contributed by atoms with Gasteiger partial charge in [0.2, 0.25) is 0 Å². The van der Waals surface area contributed by atoms with Crippen LogP contribution in [0.25, 0.3) is 0 Å². The molecule has 21 heavy (non-hydrogen) atoms. The van der Waals surface area contributed by atoms with E-state index < -0.39 is 0 Å². The Balaban J connectivity index is 2.09. The van der Waals surface area contributed by atoms with Crippen LogP contribution in [0.4, 0.5) is 0 Å². The molecular formula is C17H24N2O2. The van der Waals surface area contributed by atoms with Gasteiger partial charge in [0.25, 0.3) is 0 Å². The van der Waals surface area contributed by atoms with Crippen molar-refractivity contribution in [1.82, 2.24) is 9.88 Å². The van der Waals surface area contributed by atoms with Crippen molar-refractivity contribution >= 4 is 0 Å². The van der Waals surface area contributed by atoms with Crippen LogP contribution in [0.15, 0.2) is 36.5 Å². The van der Waals surface area contributed by atoms with Gasteiger partial charge < -0.3 is 19.4 Å². The van der Waals surface area contributed by atoms with Gasteiger partial charge in [-0.15, -0.1) is 0 Å². The number of benzene rings is 1. The first-order valence-electron chi connectivity index (χ1n) is 7.34. The molecule has 0 fully saturated rings. The maximum atomic E-state index is 5.36. The van der Waals surface area contributed by atoms with E-state index in [9.17, 15) is 0 Å². The minimum absolute atomic E-state index is 0.763. The highest BCUT2D eigenvalue weighted by Gasteiger charge is 2.06. The Morgan fingerprint density at radius 1 is 1.10 bits per heavy atom. The summed E-state index contributed by atoms with van der Waals surface area (Å²) in [6.45, 7) is 4.95. The molecule has 0 aliphatic rings. The zero-order valence-electron chi connectivity index (χ0n) is 13.1. The summed E-state index contributed by atoms with van der Waals surface area (Å²) >= 11 is 0. The van der Waals surface area contributed by atoms with Crippen molar-refractivity contribution < 1.29 is 9.47 Å². The maximum absolute atomic E-state index is 5.36. The van der Waals surface area contributed by atoms with E-state index in [0.717, 1.165) is 37.6 Å². The first kappa shape index (κ1) is 15.4. The van der Waals surface area contributed by atoms with E-state index in [4.69, 9.17) is 9.47 Å². The van der Waals surface area contributed by atoms with E-state index in [1.165, 1.54) is 11.3 Å². The third-order valence-electron chi connectivity index (χ3n) is 3.46. The van der Waals surface area contributed by atoms with Crippen LogP contribution in [0.1, 0.15) is 24.6 Å². The van der Waals surface area contributed by atoms with Crippen molar-refractivity contribution in [2.75, 3.05) is 20.8 Å². The molecule has 1 aromatic carbocycles. The van der Waals surface area contributed by atoms with Crippen LogP contribution >= 0.6 is 0 Å². The predicted octanol–water partition coefficient (Wildman–Crippen LogP) is 3.05. The fraction of sp³-hybridized carbons (Fsp3) is 0.412. The van der Waals surface area contributed by atoms with E-state index in [1.54, 1.807) is 14.2 Å². The normalized spacial score (nSPS) is 10.6. The monoisotopic (exact) mass is 288 g/mol. The molecule has 0 saturated carbocycles. The van der Waals surface area contributed by atoms with Crippen LogP contribution < -0.4 is 14.8 Å². The molecule has 0 aliphatic carbocycles. The van der Waals surface area contributed by atoms with Crippen molar-refractivity contribution in [3.05, 3.63) is 47.8 Å². The largest absolute Gasteiger partial charge is 0.493 e. The molecule has 0 amide bonds. The Bertz CT molecular complexity index is 564. The van der Waals surface area contributed by atoms with Gasteiger partial charge in [-0.05, 0) is 42.8 Å². The number of nitrogens with one attached hydrogen (secondary N) is 1. The molecule has 0 saturated heterocycles. The Labute approximate surface area is 126 Å². The van der Waals surface area contributed by atoms with Crippen LogP contribution in [0.3, 0.4) is 0 Å². The molecule has 0 bridgehead atoms. The number of nitrogens with zero attached hydrogens (tertiary/aromatic N) is 1. The average Bonchev–Trinajstić information content (AvgIpc) is 2.94. The Morgan fingerprint density at radius 2 is 1.90 bits per heavy atom. The highest BCUT2D eigenvalue weighted by atomic mass is 16.5. The number of ether oxygens (including phenoxy) is 2. The fourth-order valence-corrected chi connectivity index (χ4v) is 2.33.